The summed E-state index contributed by atoms with van der Waals surface area (Å²) in [6.45, 7) is 0. The standard InChI is InChI=1S/C13H10FNO2/c14-10-7-6-9(8-4-2-1-3-5-8)11(12(10)16)13(15)17/h1-7,16H,(H2,15,17). The van der Waals surface area contributed by atoms with Crippen LogP contribution in [-0.2, 0) is 0 Å². The fraction of sp³-hybridized carbons (Fsp3) is 0. The molecular weight excluding hydrogens is 221 g/mol. The number of benzene rings is 2. The number of primary amides is 1. The van der Waals surface area contributed by atoms with Gasteiger partial charge in [0, 0.05) is 0 Å². The molecule has 2 aromatic carbocycles. The van der Waals surface area contributed by atoms with Gasteiger partial charge in [-0.1, -0.05) is 36.4 Å². The third-order valence-electron chi connectivity index (χ3n) is 2.46. The van der Waals surface area contributed by atoms with Crippen LogP contribution in [0.2, 0.25) is 0 Å². The Labute approximate surface area is 97.3 Å². The van der Waals surface area contributed by atoms with Crippen LogP contribution in [0, 0.1) is 5.82 Å². The summed E-state index contributed by atoms with van der Waals surface area (Å²) in [5.74, 6) is -2.43. The van der Waals surface area contributed by atoms with E-state index in [-0.39, 0.29) is 5.56 Å². The Balaban J connectivity index is 2.71. The molecule has 1 amide bonds. The number of aromatic hydroxyl groups is 1. The second kappa shape index (κ2) is 4.25. The topological polar surface area (TPSA) is 63.3 Å². The molecule has 0 aliphatic carbocycles. The average Bonchev–Trinajstić information content (AvgIpc) is 2.33. The third-order valence-corrected chi connectivity index (χ3v) is 2.46. The molecule has 0 unspecified atom stereocenters. The minimum Gasteiger partial charge on any atom is -0.504 e. The lowest BCUT2D eigenvalue weighted by Crippen LogP contribution is -2.13. The van der Waals surface area contributed by atoms with Gasteiger partial charge in [0.05, 0.1) is 5.56 Å². The molecule has 2 aromatic rings. The first kappa shape index (κ1) is 11.1. The van der Waals surface area contributed by atoms with E-state index in [0.29, 0.717) is 11.1 Å². The maximum absolute atomic E-state index is 13.2. The molecule has 0 saturated heterocycles. The smallest absolute Gasteiger partial charge is 0.253 e. The number of halogens is 1. The fourth-order valence-electron chi connectivity index (χ4n) is 1.67. The molecule has 0 spiro atoms. The number of nitrogens with two attached hydrogens (primary N) is 1. The summed E-state index contributed by atoms with van der Waals surface area (Å²) in [7, 11) is 0. The van der Waals surface area contributed by atoms with Gasteiger partial charge in [0.25, 0.3) is 5.91 Å². The SMILES string of the molecule is NC(=O)c1c(-c2ccccc2)ccc(F)c1O. The number of rotatable bonds is 2. The van der Waals surface area contributed by atoms with Crippen molar-refractivity contribution in [1.29, 1.82) is 0 Å². The van der Waals surface area contributed by atoms with Crippen molar-refractivity contribution in [1.82, 2.24) is 0 Å². The van der Waals surface area contributed by atoms with Gasteiger partial charge in [0.15, 0.2) is 11.6 Å². The van der Waals surface area contributed by atoms with Crippen LogP contribution in [0.3, 0.4) is 0 Å². The highest BCUT2D eigenvalue weighted by molar-refractivity contribution is 6.02. The molecule has 0 saturated carbocycles. The van der Waals surface area contributed by atoms with E-state index < -0.39 is 17.5 Å². The summed E-state index contributed by atoms with van der Waals surface area (Å²) in [4.78, 5) is 11.3. The van der Waals surface area contributed by atoms with Crippen LogP contribution in [0.15, 0.2) is 42.5 Å². The van der Waals surface area contributed by atoms with Gasteiger partial charge in [-0.25, -0.2) is 4.39 Å². The molecule has 0 heterocycles. The first-order valence-corrected chi connectivity index (χ1v) is 4.98. The normalized spacial score (nSPS) is 10.2. The Hall–Kier alpha value is -2.36. The Morgan fingerprint density at radius 3 is 2.35 bits per heavy atom. The van der Waals surface area contributed by atoms with Gasteiger partial charge in [0.1, 0.15) is 0 Å². The summed E-state index contributed by atoms with van der Waals surface area (Å²) in [5, 5.41) is 9.53. The van der Waals surface area contributed by atoms with E-state index in [4.69, 9.17) is 5.73 Å². The van der Waals surface area contributed by atoms with E-state index in [9.17, 15) is 14.3 Å². The van der Waals surface area contributed by atoms with Gasteiger partial charge in [-0.05, 0) is 17.2 Å². The molecule has 17 heavy (non-hydrogen) atoms. The van der Waals surface area contributed by atoms with Crippen LogP contribution in [0.1, 0.15) is 10.4 Å². The lowest BCUT2D eigenvalue weighted by molar-refractivity contribution is 0.0997. The summed E-state index contributed by atoms with van der Waals surface area (Å²) in [6.07, 6.45) is 0. The highest BCUT2D eigenvalue weighted by atomic mass is 19.1. The summed E-state index contributed by atoms with van der Waals surface area (Å²) >= 11 is 0. The van der Waals surface area contributed by atoms with Crippen molar-refractivity contribution in [2.75, 3.05) is 0 Å². The maximum atomic E-state index is 13.2. The Morgan fingerprint density at radius 2 is 1.76 bits per heavy atom. The largest absolute Gasteiger partial charge is 0.504 e. The lowest BCUT2D eigenvalue weighted by Gasteiger charge is -2.09. The van der Waals surface area contributed by atoms with Crippen molar-refractivity contribution < 1.29 is 14.3 Å². The quantitative estimate of drug-likeness (QED) is 0.832. The molecule has 4 heteroatoms. The Bertz CT molecular complexity index is 567. The van der Waals surface area contributed by atoms with Crippen molar-refractivity contribution >= 4 is 5.91 Å². The molecule has 0 atom stereocenters. The molecule has 0 aliphatic rings. The fourth-order valence-corrected chi connectivity index (χ4v) is 1.67. The van der Waals surface area contributed by atoms with Gasteiger partial charge in [-0.2, -0.15) is 0 Å². The molecule has 3 nitrogen and oxygen atoms in total. The van der Waals surface area contributed by atoms with Gasteiger partial charge in [-0.15, -0.1) is 0 Å². The summed E-state index contributed by atoms with van der Waals surface area (Å²) in [5.41, 5.74) is 6.06. The van der Waals surface area contributed by atoms with Crippen LogP contribution in [-0.4, -0.2) is 11.0 Å². The number of hydrogen-bond acceptors (Lipinski definition) is 2. The zero-order chi connectivity index (χ0) is 12.4. The average molecular weight is 231 g/mol. The molecule has 0 aromatic heterocycles. The van der Waals surface area contributed by atoms with E-state index in [1.807, 2.05) is 6.07 Å². The zero-order valence-corrected chi connectivity index (χ0v) is 8.85. The zero-order valence-electron chi connectivity index (χ0n) is 8.85. The monoisotopic (exact) mass is 231 g/mol. The summed E-state index contributed by atoms with van der Waals surface area (Å²) in [6, 6.07) is 11.4. The predicted octanol–water partition coefficient (Wildman–Crippen LogP) is 2.30. The van der Waals surface area contributed by atoms with Crippen LogP contribution in [0.25, 0.3) is 11.1 Å². The van der Waals surface area contributed by atoms with Crippen LogP contribution < -0.4 is 5.73 Å². The van der Waals surface area contributed by atoms with E-state index in [1.54, 1.807) is 24.3 Å². The van der Waals surface area contributed by atoms with Crippen molar-refractivity contribution in [2.24, 2.45) is 5.73 Å². The maximum Gasteiger partial charge on any atom is 0.253 e. The number of carbonyl (C=O) groups excluding carboxylic acids is 1. The van der Waals surface area contributed by atoms with Crippen molar-refractivity contribution in [3.63, 3.8) is 0 Å². The predicted molar refractivity (Wildman–Crippen MR) is 62.0 cm³/mol. The highest BCUT2D eigenvalue weighted by Crippen LogP contribution is 2.31. The highest BCUT2D eigenvalue weighted by Gasteiger charge is 2.18. The van der Waals surface area contributed by atoms with E-state index in [1.165, 1.54) is 6.07 Å². The van der Waals surface area contributed by atoms with Crippen LogP contribution in [0.4, 0.5) is 4.39 Å². The minimum atomic E-state index is -0.863. The number of amides is 1. The van der Waals surface area contributed by atoms with Crippen LogP contribution in [0.5, 0.6) is 5.75 Å². The van der Waals surface area contributed by atoms with Crippen molar-refractivity contribution in [2.45, 2.75) is 0 Å². The number of phenols is 1. The van der Waals surface area contributed by atoms with Gasteiger partial charge in [-0.3, -0.25) is 4.79 Å². The number of carbonyl (C=O) groups is 1. The number of hydrogen-bond donors (Lipinski definition) is 2. The Kier molecular flexibility index (Phi) is 2.78. The Morgan fingerprint density at radius 1 is 1.12 bits per heavy atom. The van der Waals surface area contributed by atoms with Crippen LogP contribution >= 0.6 is 0 Å². The van der Waals surface area contributed by atoms with E-state index >= 15 is 0 Å². The lowest BCUT2D eigenvalue weighted by atomic mass is 9.98. The van der Waals surface area contributed by atoms with Crippen molar-refractivity contribution in [3.8, 4) is 16.9 Å². The van der Waals surface area contributed by atoms with Gasteiger partial charge in [0.2, 0.25) is 0 Å². The minimum absolute atomic E-state index is 0.198. The third kappa shape index (κ3) is 1.97. The van der Waals surface area contributed by atoms with E-state index in [0.717, 1.165) is 6.07 Å². The molecule has 3 N–H and O–H groups in total. The molecule has 2 rings (SSSR count). The van der Waals surface area contributed by atoms with Gasteiger partial charge >= 0.3 is 0 Å². The molecule has 0 aliphatic heterocycles. The molecule has 0 bridgehead atoms. The first-order valence-electron chi connectivity index (χ1n) is 4.98. The molecule has 0 radical (unpaired) electrons. The second-order valence-electron chi connectivity index (χ2n) is 3.55. The second-order valence-corrected chi connectivity index (χ2v) is 3.55. The van der Waals surface area contributed by atoms with Crippen molar-refractivity contribution in [3.05, 3.63) is 53.8 Å². The molecule has 0 fully saturated rings. The molecule has 86 valence electrons. The summed E-state index contributed by atoms with van der Waals surface area (Å²) < 4.78 is 13.2. The van der Waals surface area contributed by atoms with E-state index in [2.05, 4.69) is 0 Å². The first-order chi connectivity index (χ1) is 8.11. The molecular formula is C13H10FNO2. The van der Waals surface area contributed by atoms with Gasteiger partial charge < -0.3 is 10.8 Å².